The fourth-order valence-electron chi connectivity index (χ4n) is 1.80. The van der Waals surface area contributed by atoms with Crippen LogP contribution in [-0.4, -0.2) is 34.4 Å². The highest BCUT2D eigenvalue weighted by Crippen LogP contribution is 2.22. The number of methoxy groups -OCH3 is 1. The van der Waals surface area contributed by atoms with E-state index in [1.807, 2.05) is 0 Å². The number of benzene rings is 1. The molecule has 0 saturated carbocycles. The third-order valence-electron chi connectivity index (χ3n) is 2.85. The number of esters is 1. The van der Waals surface area contributed by atoms with Crippen LogP contribution in [-0.2, 0) is 9.53 Å². The van der Waals surface area contributed by atoms with E-state index in [0.717, 1.165) is 12.5 Å². The molecule has 1 aromatic heterocycles. The monoisotopic (exact) mass is 263 g/mol. The van der Waals surface area contributed by atoms with Gasteiger partial charge >= 0.3 is 5.97 Å². The maximum Gasteiger partial charge on any atom is 0.337 e. The van der Waals surface area contributed by atoms with Gasteiger partial charge in [0.25, 0.3) is 0 Å². The van der Waals surface area contributed by atoms with Crippen LogP contribution >= 0.6 is 0 Å². The Kier molecular flexibility index (Phi) is 3.64. The van der Waals surface area contributed by atoms with Gasteiger partial charge in [0.05, 0.1) is 7.11 Å². The van der Waals surface area contributed by atoms with Crippen LogP contribution < -0.4 is 5.56 Å². The largest absolute Gasteiger partial charge is 0.467 e. The first-order chi connectivity index (χ1) is 9.02. The third kappa shape index (κ3) is 2.64. The Bertz CT molecular complexity index is 663. The lowest BCUT2D eigenvalue weighted by Gasteiger charge is -2.16. The molecule has 0 bridgehead atoms. The van der Waals surface area contributed by atoms with Gasteiger partial charge in [0.1, 0.15) is 6.10 Å². The van der Waals surface area contributed by atoms with Crippen LogP contribution in [0.5, 0.6) is 0 Å². The molecule has 100 valence electrons. The highest BCUT2D eigenvalue weighted by Gasteiger charge is 2.26. The summed E-state index contributed by atoms with van der Waals surface area (Å²) in [7, 11) is 1.12. The van der Waals surface area contributed by atoms with Gasteiger partial charge in [-0.2, -0.15) is 0 Å². The van der Waals surface area contributed by atoms with Crippen LogP contribution in [0.25, 0.3) is 10.8 Å². The summed E-state index contributed by atoms with van der Waals surface area (Å²) < 4.78 is 4.36. The van der Waals surface area contributed by atoms with Crippen LogP contribution in [0.4, 0.5) is 0 Å². The molecule has 19 heavy (non-hydrogen) atoms. The normalized spacial score (nSPS) is 14.1. The molecule has 1 aromatic carbocycles. The summed E-state index contributed by atoms with van der Waals surface area (Å²) in [5.41, 5.74) is 0.0589. The summed E-state index contributed by atoms with van der Waals surface area (Å²) >= 11 is 0. The maximum absolute atomic E-state index is 11.2. The lowest BCUT2D eigenvalue weighted by molar-refractivity contribution is -0.156. The molecule has 2 unspecified atom stereocenters. The highest BCUT2D eigenvalue weighted by molar-refractivity contribution is 5.82. The Hall–Kier alpha value is -2.18. The molecule has 2 rings (SSSR count). The van der Waals surface area contributed by atoms with Crippen molar-refractivity contribution in [1.29, 1.82) is 0 Å². The summed E-state index contributed by atoms with van der Waals surface area (Å²) in [6, 6.07) is 6.16. The van der Waals surface area contributed by atoms with E-state index >= 15 is 0 Å². The summed E-state index contributed by atoms with van der Waals surface area (Å²) in [6.07, 6.45) is -1.52. The van der Waals surface area contributed by atoms with E-state index in [2.05, 4.69) is 9.72 Å². The Labute approximate surface area is 108 Å². The second kappa shape index (κ2) is 5.21. The molecule has 0 aliphatic carbocycles. The fraction of sp³-hybridized carbons (Fsp3) is 0.231. The third-order valence-corrected chi connectivity index (χ3v) is 2.85. The van der Waals surface area contributed by atoms with Gasteiger partial charge in [0, 0.05) is 12.3 Å². The van der Waals surface area contributed by atoms with Crippen LogP contribution in [0.3, 0.4) is 0 Å². The number of rotatable bonds is 3. The van der Waals surface area contributed by atoms with Gasteiger partial charge in [-0.1, -0.05) is 12.1 Å². The van der Waals surface area contributed by atoms with Crippen molar-refractivity contribution >= 4 is 16.7 Å². The highest BCUT2D eigenvalue weighted by atomic mass is 16.5. The molecule has 2 atom stereocenters. The molecule has 3 N–H and O–H groups in total. The first-order valence-corrected chi connectivity index (χ1v) is 5.59. The summed E-state index contributed by atoms with van der Waals surface area (Å²) in [4.78, 5) is 24.9. The molecule has 0 radical (unpaired) electrons. The molecule has 0 amide bonds. The van der Waals surface area contributed by atoms with E-state index in [9.17, 15) is 19.8 Å². The molecule has 0 fully saturated rings. The van der Waals surface area contributed by atoms with Gasteiger partial charge in [-0.25, -0.2) is 4.79 Å². The smallest absolute Gasteiger partial charge is 0.337 e. The van der Waals surface area contributed by atoms with Crippen LogP contribution in [0.2, 0.25) is 0 Å². The van der Waals surface area contributed by atoms with Crippen molar-refractivity contribution in [3.05, 3.63) is 46.4 Å². The van der Waals surface area contributed by atoms with Crippen molar-refractivity contribution in [2.24, 2.45) is 0 Å². The van der Waals surface area contributed by atoms with Crippen molar-refractivity contribution in [3.63, 3.8) is 0 Å². The number of H-pyrrole nitrogens is 1. The lowest BCUT2D eigenvalue weighted by atomic mass is 10.0. The minimum absolute atomic E-state index is 0.271. The number of nitrogens with one attached hydrogen (secondary N) is 1. The number of carbonyl (C=O) groups excluding carboxylic acids is 1. The Morgan fingerprint density at radius 1 is 1.26 bits per heavy atom. The second-order valence-corrected chi connectivity index (χ2v) is 4.10. The zero-order chi connectivity index (χ0) is 14.0. The van der Waals surface area contributed by atoms with Crippen LogP contribution in [0.15, 0.2) is 35.3 Å². The predicted octanol–water partition coefficient (Wildman–Crippen LogP) is 0.0954. The van der Waals surface area contributed by atoms with E-state index in [1.165, 1.54) is 6.07 Å². The summed E-state index contributed by atoms with van der Waals surface area (Å²) in [6.45, 7) is 0. The summed E-state index contributed by atoms with van der Waals surface area (Å²) in [5.74, 6) is -0.918. The first-order valence-electron chi connectivity index (χ1n) is 5.59. The number of fused-ring (bicyclic) bond motifs is 1. The minimum atomic E-state index is -1.66. The average molecular weight is 263 g/mol. The number of hydrogen-bond donors (Lipinski definition) is 3. The number of aliphatic hydroxyl groups is 2. The van der Waals surface area contributed by atoms with Gasteiger partial charge in [0.15, 0.2) is 6.10 Å². The molecule has 2 aromatic rings. The van der Waals surface area contributed by atoms with Crippen molar-refractivity contribution in [2.45, 2.75) is 12.2 Å². The van der Waals surface area contributed by atoms with E-state index in [0.29, 0.717) is 10.9 Å². The Morgan fingerprint density at radius 3 is 2.68 bits per heavy atom. The molecule has 0 saturated heterocycles. The quantitative estimate of drug-likeness (QED) is 0.682. The van der Waals surface area contributed by atoms with Gasteiger partial charge in [0.2, 0.25) is 5.56 Å². The van der Waals surface area contributed by atoms with Gasteiger partial charge in [-0.3, -0.25) is 4.79 Å². The number of aromatic amines is 1. The molecular formula is C13H13NO5. The van der Waals surface area contributed by atoms with E-state index in [1.54, 1.807) is 24.4 Å². The first kappa shape index (κ1) is 13.3. The number of aromatic nitrogens is 1. The van der Waals surface area contributed by atoms with E-state index < -0.39 is 18.2 Å². The predicted molar refractivity (Wildman–Crippen MR) is 67.6 cm³/mol. The lowest BCUT2D eigenvalue weighted by Crippen LogP contribution is -2.29. The Morgan fingerprint density at radius 2 is 2.00 bits per heavy atom. The zero-order valence-corrected chi connectivity index (χ0v) is 10.2. The summed E-state index contributed by atoms with van der Waals surface area (Å²) in [5, 5.41) is 20.8. The maximum atomic E-state index is 11.2. The number of aliphatic hydroxyl groups excluding tert-OH is 2. The number of carbonyl (C=O) groups is 1. The average Bonchev–Trinajstić information content (AvgIpc) is 2.43. The fourth-order valence-corrected chi connectivity index (χ4v) is 1.80. The van der Waals surface area contributed by atoms with Crippen molar-refractivity contribution in [1.82, 2.24) is 4.98 Å². The van der Waals surface area contributed by atoms with Crippen molar-refractivity contribution < 1.29 is 19.7 Å². The van der Waals surface area contributed by atoms with Crippen molar-refractivity contribution in [3.8, 4) is 0 Å². The molecule has 0 spiro atoms. The molecule has 0 aliphatic rings. The number of pyridine rings is 1. The second-order valence-electron chi connectivity index (χ2n) is 4.10. The van der Waals surface area contributed by atoms with E-state index in [4.69, 9.17) is 0 Å². The van der Waals surface area contributed by atoms with Crippen LogP contribution in [0.1, 0.15) is 11.7 Å². The SMILES string of the molecule is COC(=O)C(O)C(O)c1ccc2c[nH]c(=O)cc2c1. The Balaban J connectivity index is 2.40. The molecule has 6 nitrogen and oxygen atoms in total. The van der Waals surface area contributed by atoms with Crippen LogP contribution in [0, 0.1) is 0 Å². The minimum Gasteiger partial charge on any atom is -0.467 e. The standard InChI is InChI=1S/C13H13NO5/c1-19-13(18)12(17)11(16)7-2-3-8-6-14-10(15)5-9(8)4-7/h2-6,11-12,16-17H,1H3,(H,14,15). The molecule has 0 aliphatic heterocycles. The zero-order valence-electron chi connectivity index (χ0n) is 10.2. The van der Waals surface area contributed by atoms with E-state index in [-0.39, 0.29) is 5.56 Å². The van der Waals surface area contributed by atoms with Crippen molar-refractivity contribution in [2.75, 3.05) is 7.11 Å². The number of ether oxygens (including phenoxy) is 1. The number of hydrogen-bond acceptors (Lipinski definition) is 5. The van der Waals surface area contributed by atoms with Gasteiger partial charge < -0.3 is 19.9 Å². The molecular weight excluding hydrogens is 250 g/mol. The molecule has 1 heterocycles. The topological polar surface area (TPSA) is 99.6 Å². The van der Waals surface area contributed by atoms with Gasteiger partial charge in [-0.05, 0) is 22.4 Å². The molecule has 6 heteroatoms. The van der Waals surface area contributed by atoms with Gasteiger partial charge in [-0.15, -0.1) is 0 Å².